The van der Waals surface area contributed by atoms with Crippen LogP contribution in [0.1, 0.15) is 39.5 Å². The van der Waals surface area contributed by atoms with Crippen molar-refractivity contribution in [3.05, 3.63) is 12.2 Å². The lowest BCUT2D eigenvalue weighted by atomic mass is 9.86. The van der Waals surface area contributed by atoms with Crippen molar-refractivity contribution in [2.75, 3.05) is 27.2 Å². The number of carbonyl (C=O) groups excluding carboxylic acids is 1. The maximum absolute atomic E-state index is 12.2. The summed E-state index contributed by atoms with van der Waals surface area (Å²) in [5.74, 6) is 1.01. The molecule has 1 saturated carbocycles. The summed E-state index contributed by atoms with van der Waals surface area (Å²) in [7, 11) is 4.11. The van der Waals surface area contributed by atoms with Crippen LogP contribution in [0.25, 0.3) is 0 Å². The van der Waals surface area contributed by atoms with Gasteiger partial charge in [-0.1, -0.05) is 13.0 Å². The van der Waals surface area contributed by atoms with Gasteiger partial charge in [-0.3, -0.25) is 4.79 Å². The first kappa shape index (κ1) is 15.2. The summed E-state index contributed by atoms with van der Waals surface area (Å²) in [6, 6.07) is 0.449. The van der Waals surface area contributed by atoms with Gasteiger partial charge in [0.05, 0.1) is 0 Å². The molecule has 0 radical (unpaired) electrons. The third-order valence-electron chi connectivity index (χ3n) is 3.81. The van der Waals surface area contributed by atoms with Crippen LogP contribution in [0.5, 0.6) is 0 Å². The van der Waals surface area contributed by atoms with Crippen LogP contribution in [0.4, 0.5) is 0 Å². The number of rotatable bonds is 5. The molecule has 1 amide bonds. The highest BCUT2D eigenvalue weighted by Gasteiger charge is 2.26. The lowest BCUT2D eigenvalue weighted by Crippen LogP contribution is -2.44. The van der Waals surface area contributed by atoms with Crippen LogP contribution in [-0.4, -0.2) is 48.9 Å². The summed E-state index contributed by atoms with van der Waals surface area (Å²) >= 11 is 0. The van der Waals surface area contributed by atoms with E-state index in [4.69, 9.17) is 0 Å². The second-order valence-electron chi connectivity index (χ2n) is 5.75. The largest absolute Gasteiger partial charge is 0.335 e. The predicted molar refractivity (Wildman–Crippen MR) is 76.5 cm³/mol. The van der Waals surface area contributed by atoms with Crippen molar-refractivity contribution in [1.82, 2.24) is 9.80 Å². The smallest absolute Gasteiger partial charge is 0.246 e. The highest BCUT2D eigenvalue weighted by molar-refractivity contribution is 5.87. The minimum atomic E-state index is 0.180. The zero-order chi connectivity index (χ0) is 13.5. The Morgan fingerprint density at radius 1 is 1.17 bits per heavy atom. The Hall–Kier alpha value is -0.830. The Bertz CT molecular complexity index is 278. The van der Waals surface area contributed by atoms with Crippen LogP contribution in [0, 0.1) is 5.92 Å². The summed E-state index contributed by atoms with van der Waals surface area (Å²) in [5.41, 5.74) is 0. The second kappa shape index (κ2) is 7.57. The Balaban J connectivity index is 2.61. The van der Waals surface area contributed by atoms with Crippen molar-refractivity contribution in [1.29, 1.82) is 0 Å². The molecule has 104 valence electrons. The van der Waals surface area contributed by atoms with Crippen molar-refractivity contribution >= 4 is 5.91 Å². The molecule has 18 heavy (non-hydrogen) atoms. The quantitative estimate of drug-likeness (QED) is 0.702. The van der Waals surface area contributed by atoms with E-state index < -0.39 is 0 Å². The maximum Gasteiger partial charge on any atom is 0.246 e. The van der Waals surface area contributed by atoms with Gasteiger partial charge in [-0.15, -0.1) is 0 Å². The van der Waals surface area contributed by atoms with Crippen LogP contribution in [0.15, 0.2) is 12.2 Å². The molecule has 1 fully saturated rings. The lowest BCUT2D eigenvalue weighted by Gasteiger charge is -2.36. The molecular weight excluding hydrogens is 224 g/mol. The van der Waals surface area contributed by atoms with Crippen LogP contribution in [-0.2, 0) is 4.79 Å². The van der Waals surface area contributed by atoms with Gasteiger partial charge < -0.3 is 9.80 Å². The highest BCUT2D eigenvalue weighted by atomic mass is 16.2. The number of likely N-dealkylation sites (N-methyl/N-ethyl adjacent to an activating group) is 1. The summed E-state index contributed by atoms with van der Waals surface area (Å²) in [5, 5.41) is 0. The molecule has 1 aliphatic carbocycles. The molecule has 1 aliphatic rings. The van der Waals surface area contributed by atoms with Gasteiger partial charge in [-0.2, -0.15) is 0 Å². The van der Waals surface area contributed by atoms with Gasteiger partial charge >= 0.3 is 0 Å². The van der Waals surface area contributed by atoms with Gasteiger partial charge in [0.15, 0.2) is 0 Å². The molecule has 0 aromatic rings. The molecule has 0 N–H and O–H groups in total. The fraction of sp³-hybridized carbons (Fsp3) is 0.800. The molecular formula is C15H28N2O. The Morgan fingerprint density at radius 2 is 1.78 bits per heavy atom. The molecule has 0 bridgehead atoms. The third-order valence-corrected chi connectivity index (χ3v) is 3.81. The Morgan fingerprint density at radius 3 is 2.28 bits per heavy atom. The monoisotopic (exact) mass is 252 g/mol. The topological polar surface area (TPSA) is 23.6 Å². The number of allylic oxidation sites excluding steroid dienone is 1. The molecule has 0 heterocycles. The molecule has 0 unspecified atom stereocenters. The zero-order valence-electron chi connectivity index (χ0n) is 12.4. The van der Waals surface area contributed by atoms with E-state index in [1.54, 1.807) is 6.08 Å². The number of carbonyl (C=O) groups is 1. The summed E-state index contributed by atoms with van der Waals surface area (Å²) in [4.78, 5) is 16.4. The van der Waals surface area contributed by atoms with E-state index in [9.17, 15) is 4.79 Å². The fourth-order valence-corrected chi connectivity index (χ4v) is 2.57. The van der Waals surface area contributed by atoms with Crippen LogP contribution < -0.4 is 0 Å². The Kier molecular flexibility index (Phi) is 6.41. The van der Waals surface area contributed by atoms with E-state index in [2.05, 4.69) is 30.8 Å². The summed E-state index contributed by atoms with van der Waals surface area (Å²) in [6.07, 6.45) is 8.39. The fourth-order valence-electron chi connectivity index (χ4n) is 2.57. The summed E-state index contributed by atoms with van der Waals surface area (Å²) < 4.78 is 0. The first-order valence-electron chi connectivity index (χ1n) is 7.12. The van der Waals surface area contributed by atoms with Crippen LogP contribution in [0.3, 0.4) is 0 Å². The van der Waals surface area contributed by atoms with E-state index in [0.29, 0.717) is 6.04 Å². The first-order chi connectivity index (χ1) is 8.54. The van der Waals surface area contributed by atoms with E-state index in [1.807, 2.05) is 13.0 Å². The molecule has 1 rings (SSSR count). The minimum absolute atomic E-state index is 0.180. The summed E-state index contributed by atoms with van der Waals surface area (Å²) in [6.45, 7) is 6.00. The third kappa shape index (κ3) is 4.81. The average molecular weight is 252 g/mol. The second-order valence-corrected chi connectivity index (χ2v) is 5.75. The molecule has 0 aliphatic heterocycles. The molecule has 3 heteroatoms. The van der Waals surface area contributed by atoms with Gasteiger partial charge in [-0.25, -0.2) is 0 Å². The van der Waals surface area contributed by atoms with E-state index in [1.165, 1.54) is 12.8 Å². The molecule has 0 saturated heterocycles. The van der Waals surface area contributed by atoms with E-state index >= 15 is 0 Å². The normalized spacial score (nSPS) is 24.7. The van der Waals surface area contributed by atoms with E-state index in [-0.39, 0.29) is 5.91 Å². The number of hydrogen-bond donors (Lipinski definition) is 0. The first-order valence-corrected chi connectivity index (χ1v) is 7.12. The number of hydrogen-bond acceptors (Lipinski definition) is 2. The SMILES string of the molecule is C/C=C/C(=O)N(CCN(C)C)[C@H]1CC[C@H](C)CC1. The molecule has 0 spiro atoms. The van der Waals surface area contributed by atoms with Gasteiger partial charge in [0, 0.05) is 19.1 Å². The zero-order valence-corrected chi connectivity index (χ0v) is 12.4. The molecule has 3 nitrogen and oxygen atoms in total. The molecule has 0 atom stereocenters. The van der Waals surface area contributed by atoms with Crippen molar-refractivity contribution in [3.8, 4) is 0 Å². The maximum atomic E-state index is 12.2. The van der Waals surface area contributed by atoms with Gasteiger partial charge in [0.1, 0.15) is 0 Å². The molecule has 0 aromatic heterocycles. The van der Waals surface area contributed by atoms with Crippen LogP contribution >= 0.6 is 0 Å². The number of amides is 1. The average Bonchev–Trinajstić information content (AvgIpc) is 2.31. The van der Waals surface area contributed by atoms with Crippen LogP contribution in [0.2, 0.25) is 0 Å². The number of nitrogens with zero attached hydrogens (tertiary/aromatic N) is 2. The highest BCUT2D eigenvalue weighted by Crippen LogP contribution is 2.27. The van der Waals surface area contributed by atoms with Gasteiger partial charge in [-0.05, 0) is 58.7 Å². The van der Waals surface area contributed by atoms with Gasteiger partial charge in [0.25, 0.3) is 0 Å². The lowest BCUT2D eigenvalue weighted by molar-refractivity contribution is -0.129. The van der Waals surface area contributed by atoms with E-state index in [0.717, 1.165) is 31.8 Å². The molecule has 0 aromatic carbocycles. The van der Waals surface area contributed by atoms with Crippen molar-refractivity contribution in [2.45, 2.75) is 45.6 Å². The van der Waals surface area contributed by atoms with Crippen molar-refractivity contribution < 1.29 is 4.79 Å². The van der Waals surface area contributed by atoms with Crippen molar-refractivity contribution in [3.63, 3.8) is 0 Å². The Labute approximate surface area is 112 Å². The van der Waals surface area contributed by atoms with Crippen molar-refractivity contribution in [2.24, 2.45) is 5.92 Å². The minimum Gasteiger partial charge on any atom is -0.335 e. The predicted octanol–water partition coefficient (Wildman–Crippen LogP) is 2.53. The standard InChI is InChI=1S/C15H28N2O/c1-5-6-15(18)17(12-11-16(3)4)14-9-7-13(2)8-10-14/h5-6,13-14H,7-12H2,1-4H3/b6-5+/t13-,14-. The van der Waals surface area contributed by atoms with Gasteiger partial charge in [0.2, 0.25) is 5.91 Å².